The Hall–Kier alpha value is -0.760. The zero-order valence-corrected chi connectivity index (χ0v) is 13.8. The lowest BCUT2D eigenvalue weighted by atomic mass is 10.1. The van der Waals surface area contributed by atoms with E-state index in [1.807, 2.05) is 0 Å². The highest BCUT2D eigenvalue weighted by atomic mass is 35.5. The molecule has 0 spiro atoms. The van der Waals surface area contributed by atoms with Gasteiger partial charge in [-0.25, -0.2) is 4.98 Å². The number of nitrogens with zero attached hydrogens (tertiary/aromatic N) is 2. The van der Waals surface area contributed by atoms with Gasteiger partial charge in [0.2, 0.25) is 0 Å². The molecule has 0 amide bonds. The van der Waals surface area contributed by atoms with E-state index in [-0.39, 0.29) is 0 Å². The maximum atomic E-state index is 6.05. The molecule has 0 saturated heterocycles. The van der Waals surface area contributed by atoms with Gasteiger partial charge >= 0.3 is 0 Å². The van der Waals surface area contributed by atoms with Gasteiger partial charge in [0.1, 0.15) is 5.82 Å². The van der Waals surface area contributed by atoms with Crippen LogP contribution in [0.1, 0.15) is 69.5 Å². The minimum Gasteiger partial charge on any atom is -0.357 e. The minimum atomic E-state index is 0.444. The number of rotatable bonds is 4. The molecule has 112 valence electrons. The quantitative estimate of drug-likeness (QED) is 0.567. The molecule has 1 saturated carbocycles. The molecule has 0 atom stereocenters. The van der Waals surface area contributed by atoms with E-state index in [0.29, 0.717) is 17.8 Å². The smallest absolute Gasteiger partial charge is 0.129 e. The zero-order chi connectivity index (χ0) is 14.5. The Morgan fingerprint density at radius 2 is 1.85 bits per heavy atom. The van der Waals surface area contributed by atoms with Gasteiger partial charge in [0, 0.05) is 24.7 Å². The summed E-state index contributed by atoms with van der Waals surface area (Å²) in [6.45, 7) is 4.38. The fourth-order valence-electron chi connectivity index (χ4n) is 2.98. The normalized spacial score (nSPS) is 17.2. The van der Waals surface area contributed by atoms with E-state index >= 15 is 0 Å². The Kier molecular flexibility index (Phi) is 5.71. The van der Waals surface area contributed by atoms with Crippen molar-refractivity contribution in [1.82, 2.24) is 4.98 Å². The fraction of sp³-hybridized carbons (Fsp3) is 0.706. The second-order valence-electron chi connectivity index (χ2n) is 6.30. The Morgan fingerprint density at radius 3 is 2.40 bits per heavy atom. The van der Waals surface area contributed by atoms with Gasteiger partial charge in [0.15, 0.2) is 0 Å². The van der Waals surface area contributed by atoms with Crippen molar-refractivity contribution in [3.8, 4) is 0 Å². The highest BCUT2D eigenvalue weighted by Crippen LogP contribution is 2.27. The van der Waals surface area contributed by atoms with E-state index in [0.717, 1.165) is 11.5 Å². The first-order valence-corrected chi connectivity index (χ1v) is 8.45. The van der Waals surface area contributed by atoms with E-state index in [9.17, 15) is 0 Å². The largest absolute Gasteiger partial charge is 0.357 e. The van der Waals surface area contributed by atoms with E-state index in [1.54, 1.807) is 0 Å². The van der Waals surface area contributed by atoms with Crippen LogP contribution in [-0.4, -0.2) is 18.1 Å². The summed E-state index contributed by atoms with van der Waals surface area (Å²) in [6, 6.07) is 4.93. The molecule has 0 radical (unpaired) electrons. The monoisotopic (exact) mass is 294 g/mol. The zero-order valence-electron chi connectivity index (χ0n) is 13.0. The van der Waals surface area contributed by atoms with Gasteiger partial charge in [-0.15, -0.1) is 11.6 Å². The number of hydrogen-bond donors (Lipinski definition) is 0. The molecule has 1 aliphatic rings. The fourth-order valence-corrected chi connectivity index (χ4v) is 3.13. The second-order valence-corrected chi connectivity index (χ2v) is 6.57. The predicted octanol–water partition coefficient (Wildman–Crippen LogP) is 5.10. The third kappa shape index (κ3) is 3.88. The van der Waals surface area contributed by atoms with Crippen molar-refractivity contribution in [1.29, 1.82) is 0 Å². The van der Waals surface area contributed by atoms with E-state index in [4.69, 9.17) is 16.6 Å². The van der Waals surface area contributed by atoms with Crippen LogP contribution in [0.25, 0.3) is 0 Å². The van der Waals surface area contributed by atoms with Crippen molar-refractivity contribution >= 4 is 17.4 Å². The lowest BCUT2D eigenvalue weighted by molar-refractivity contribution is 0.548. The van der Waals surface area contributed by atoms with Crippen LogP contribution in [0.4, 0.5) is 5.82 Å². The van der Waals surface area contributed by atoms with Gasteiger partial charge in [-0.05, 0) is 36.5 Å². The molecular formula is C17H27ClN2. The summed E-state index contributed by atoms with van der Waals surface area (Å²) in [7, 11) is 2.19. The summed E-state index contributed by atoms with van der Waals surface area (Å²) in [5.74, 6) is 2.10. The Bertz CT molecular complexity index is 423. The molecular weight excluding hydrogens is 268 g/mol. The number of aromatic nitrogens is 1. The van der Waals surface area contributed by atoms with Crippen LogP contribution >= 0.6 is 11.6 Å². The standard InChI is InChI=1S/C17H27ClN2/c1-13(2)16-10-14(12-18)11-17(19-16)20(3)15-8-6-4-5-7-9-15/h10-11,13,15H,4-9,12H2,1-3H3. The highest BCUT2D eigenvalue weighted by molar-refractivity contribution is 6.17. The van der Waals surface area contributed by atoms with Crippen LogP contribution < -0.4 is 4.90 Å². The Balaban J connectivity index is 2.23. The highest BCUT2D eigenvalue weighted by Gasteiger charge is 2.19. The Morgan fingerprint density at radius 1 is 1.20 bits per heavy atom. The number of halogens is 1. The van der Waals surface area contributed by atoms with Crippen LogP contribution in [0, 0.1) is 0 Å². The van der Waals surface area contributed by atoms with Crippen LogP contribution in [-0.2, 0) is 5.88 Å². The number of alkyl halides is 1. The maximum absolute atomic E-state index is 6.05. The van der Waals surface area contributed by atoms with Gasteiger partial charge in [0.25, 0.3) is 0 Å². The summed E-state index contributed by atoms with van der Waals surface area (Å²) in [5, 5.41) is 0. The molecule has 2 rings (SSSR count). The summed E-state index contributed by atoms with van der Waals surface area (Å²) < 4.78 is 0. The maximum Gasteiger partial charge on any atom is 0.129 e. The molecule has 0 aromatic carbocycles. The summed E-state index contributed by atoms with van der Waals surface area (Å²) >= 11 is 6.05. The van der Waals surface area contributed by atoms with Crippen molar-refractivity contribution in [2.75, 3.05) is 11.9 Å². The van der Waals surface area contributed by atoms with E-state index in [1.165, 1.54) is 44.1 Å². The van der Waals surface area contributed by atoms with Crippen LogP contribution in [0.5, 0.6) is 0 Å². The van der Waals surface area contributed by atoms with Crippen molar-refractivity contribution in [3.05, 3.63) is 23.4 Å². The van der Waals surface area contributed by atoms with Gasteiger partial charge in [0.05, 0.1) is 0 Å². The van der Waals surface area contributed by atoms with Crippen LogP contribution in [0.15, 0.2) is 12.1 Å². The SMILES string of the molecule is CC(C)c1cc(CCl)cc(N(C)C2CCCCCC2)n1. The van der Waals surface area contributed by atoms with Crippen molar-refractivity contribution < 1.29 is 0 Å². The first-order chi connectivity index (χ1) is 9.61. The molecule has 0 aliphatic heterocycles. The molecule has 1 fully saturated rings. The van der Waals surface area contributed by atoms with Gasteiger partial charge in [-0.1, -0.05) is 39.5 Å². The van der Waals surface area contributed by atoms with Crippen LogP contribution in [0.2, 0.25) is 0 Å². The van der Waals surface area contributed by atoms with Gasteiger partial charge in [-0.2, -0.15) is 0 Å². The third-order valence-corrected chi connectivity index (χ3v) is 4.68. The molecule has 20 heavy (non-hydrogen) atoms. The molecule has 1 aromatic heterocycles. The number of hydrogen-bond acceptors (Lipinski definition) is 2. The van der Waals surface area contributed by atoms with Crippen molar-refractivity contribution in [2.45, 2.75) is 70.2 Å². The summed E-state index contributed by atoms with van der Waals surface area (Å²) in [5.41, 5.74) is 2.33. The predicted molar refractivity (Wildman–Crippen MR) is 87.8 cm³/mol. The average molecular weight is 295 g/mol. The molecule has 3 heteroatoms. The molecule has 2 nitrogen and oxygen atoms in total. The molecule has 0 unspecified atom stereocenters. The number of anilines is 1. The first-order valence-electron chi connectivity index (χ1n) is 7.91. The summed E-state index contributed by atoms with van der Waals surface area (Å²) in [4.78, 5) is 7.24. The molecule has 1 aromatic rings. The molecule has 1 heterocycles. The lowest BCUT2D eigenvalue weighted by Crippen LogP contribution is -2.32. The first kappa shape index (κ1) is 15.6. The van der Waals surface area contributed by atoms with Crippen molar-refractivity contribution in [2.24, 2.45) is 0 Å². The Labute approximate surface area is 128 Å². The van der Waals surface area contributed by atoms with Gasteiger partial charge < -0.3 is 4.90 Å². The van der Waals surface area contributed by atoms with E-state index in [2.05, 4.69) is 37.9 Å². The number of pyridine rings is 1. The van der Waals surface area contributed by atoms with Gasteiger partial charge in [-0.3, -0.25) is 0 Å². The lowest BCUT2D eigenvalue weighted by Gasteiger charge is -2.29. The molecule has 0 bridgehead atoms. The van der Waals surface area contributed by atoms with Crippen molar-refractivity contribution in [3.63, 3.8) is 0 Å². The molecule has 0 N–H and O–H groups in total. The third-order valence-electron chi connectivity index (χ3n) is 4.37. The van der Waals surface area contributed by atoms with E-state index < -0.39 is 0 Å². The summed E-state index contributed by atoms with van der Waals surface area (Å²) in [6.07, 6.45) is 8.05. The van der Waals surface area contributed by atoms with Crippen LogP contribution in [0.3, 0.4) is 0 Å². The molecule has 1 aliphatic carbocycles. The minimum absolute atomic E-state index is 0.444. The average Bonchev–Trinajstić information content (AvgIpc) is 2.74. The second kappa shape index (κ2) is 7.31. The topological polar surface area (TPSA) is 16.1 Å².